The molecular formula is C16H22N2O. The monoisotopic (exact) mass is 258 g/mol. The van der Waals surface area contributed by atoms with Gasteiger partial charge in [0.25, 0.3) is 0 Å². The van der Waals surface area contributed by atoms with E-state index in [0.29, 0.717) is 5.70 Å². The van der Waals surface area contributed by atoms with Gasteiger partial charge in [-0.1, -0.05) is 44.7 Å². The van der Waals surface area contributed by atoms with Crippen molar-refractivity contribution in [2.75, 3.05) is 6.61 Å². The Labute approximate surface area is 115 Å². The zero-order valence-corrected chi connectivity index (χ0v) is 11.6. The molecule has 1 aromatic rings. The van der Waals surface area contributed by atoms with Crippen LogP contribution in [0.1, 0.15) is 31.0 Å². The maximum absolute atomic E-state index is 9.47. The first-order valence-corrected chi connectivity index (χ1v) is 6.55. The Morgan fingerprint density at radius 1 is 1.53 bits per heavy atom. The summed E-state index contributed by atoms with van der Waals surface area (Å²) < 4.78 is 0. The standard InChI is InChI=1S/C16H22N2O/c1-4-18(13(10-17)11-19)15-14-8-6-5-7-12(14)9-16(15,2)3/h4-8,10,15,19H,1,9,11,17H2,2-3H3/b13-10-. The van der Waals surface area contributed by atoms with E-state index >= 15 is 0 Å². The summed E-state index contributed by atoms with van der Waals surface area (Å²) in [6.45, 7) is 8.26. The topological polar surface area (TPSA) is 49.5 Å². The van der Waals surface area contributed by atoms with Crippen molar-refractivity contribution >= 4 is 0 Å². The third-order valence-corrected chi connectivity index (χ3v) is 3.90. The minimum absolute atomic E-state index is 0.0707. The van der Waals surface area contributed by atoms with Crippen molar-refractivity contribution in [1.82, 2.24) is 4.90 Å². The first-order chi connectivity index (χ1) is 9.05. The molecule has 0 aliphatic heterocycles. The van der Waals surface area contributed by atoms with Crippen LogP contribution >= 0.6 is 0 Å². The SMILES string of the molecule is C=CN(/C(=C\N)CO)C1c2ccccc2CC1(C)C. The highest BCUT2D eigenvalue weighted by Gasteiger charge is 2.42. The van der Waals surface area contributed by atoms with E-state index in [-0.39, 0.29) is 18.1 Å². The van der Waals surface area contributed by atoms with E-state index in [1.54, 1.807) is 6.20 Å². The summed E-state index contributed by atoms with van der Waals surface area (Å²) in [5, 5.41) is 9.47. The van der Waals surface area contributed by atoms with Gasteiger partial charge in [-0.3, -0.25) is 0 Å². The molecule has 0 bridgehead atoms. The number of nitrogens with two attached hydrogens (primary N) is 1. The van der Waals surface area contributed by atoms with Gasteiger partial charge in [0.2, 0.25) is 0 Å². The minimum atomic E-state index is -0.0860. The van der Waals surface area contributed by atoms with Crippen molar-refractivity contribution < 1.29 is 5.11 Å². The molecule has 2 rings (SSSR count). The average Bonchev–Trinajstić information content (AvgIpc) is 2.66. The molecule has 0 fully saturated rings. The molecular weight excluding hydrogens is 236 g/mol. The Morgan fingerprint density at radius 3 is 2.79 bits per heavy atom. The van der Waals surface area contributed by atoms with E-state index in [9.17, 15) is 5.11 Å². The third kappa shape index (κ3) is 2.26. The molecule has 102 valence electrons. The van der Waals surface area contributed by atoms with Crippen LogP contribution in [0.15, 0.2) is 48.9 Å². The van der Waals surface area contributed by atoms with Gasteiger partial charge in [0.1, 0.15) is 0 Å². The first kappa shape index (κ1) is 13.7. The molecule has 0 aromatic heterocycles. The molecule has 0 spiro atoms. The van der Waals surface area contributed by atoms with Gasteiger partial charge in [-0.05, 0) is 29.2 Å². The molecule has 0 saturated carbocycles. The number of aliphatic hydroxyl groups excluding tert-OH is 1. The Hall–Kier alpha value is -1.74. The van der Waals surface area contributed by atoms with Crippen molar-refractivity contribution in [2.24, 2.45) is 11.1 Å². The Balaban J connectivity index is 2.49. The van der Waals surface area contributed by atoms with Crippen LogP contribution in [0, 0.1) is 5.41 Å². The van der Waals surface area contributed by atoms with Gasteiger partial charge in [-0.25, -0.2) is 0 Å². The summed E-state index contributed by atoms with van der Waals surface area (Å²) in [6.07, 6.45) is 4.23. The number of hydrogen-bond acceptors (Lipinski definition) is 3. The van der Waals surface area contributed by atoms with Crippen LogP contribution in [0.2, 0.25) is 0 Å². The van der Waals surface area contributed by atoms with E-state index in [1.165, 1.54) is 17.3 Å². The molecule has 0 amide bonds. The highest BCUT2D eigenvalue weighted by Crippen LogP contribution is 2.49. The third-order valence-electron chi connectivity index (χ3n) is 3.90. The van der Waals surface area contributed by atoms with E-state index in [1.807, 2.05) is 4.90 Å². The van der Waals surface area contributed by atoms with E-state index in [4.69, 9.17) is 5.73 Å². The smallest absolute Gasteiger partial charge is 0.0847 e. The molecule has 0 saturated heterocycles. The Kier molecular flexibility index (Phi) is 3.67. The lowest BCUT2D eigenvalue weighted by atomic mass is 9.84. The summed E-state index contributed by atoms with van der Waals surface area (Å²) in [6, 6.07) is 8.60. The van der Waals surface area contributed by atoms with Crippen LogP contribution < -0.4 is 5.73 Å². The van der Waals surface area contributed by atoms with Crippen molar-refractivity contribution in [3.8, 4) is 0 Å². The van der Waals surface area contributed by atoms with Crippen LogP contribution in [-0.2, 0) is 6.42 Å². The van der Waals surface area contributed by atoms with E-state index in [2.05, 4.69) is 44.7 Å². The van der Waals surface area contributed by atoms with Crippen LogP contribution in [-0.4, -0.2) is 16.6 Å². The van der Waals surface area contributed by atoms with E-state index in [0.717, 1.165) is 6.42 Å². The maximum Gasteiger partial charge on any atom is 0.0847 e. The summed E-state index contributed by atoms with van der Waals surface area (Å²) in [7, 11) is 0. The molecule has 1 aliphatic rings. The van der Waals surface area contributed by atoms with Crippen LogP contribution in [0.3, 0.4) is 0 Å². The maximum atomic E-state index is 9.47. The molecule has 1 aliphatic carbocycles. The number of fused-ring (bicyclic) bond motifs is 1. The second kappa shape index (κ2) is 5.10. The van der Waals surface area contributed by atoms with E-state index < -0.39 is 0 Å². The van der Waals surface area contributed by atoms with Crippen LogP contribution in [0.5, 0.6) is 0 Å². The number of rotatable bonds is 4. The van der Waals surface area contributed by atoms with Gasteiger partial charge in [-0.2, -0.15) is 0 Å². The number of nitrogens with zero attached hydrogens (tertiary/aromatic N) is 1. The molecule has 19 heavy (non-hydrogen) atoms. The largest absolute Gasteiger partial charge is 0.403 e. The summed E-state index contributed by atoms with van der Waals surface area (Å²) in [5.41, 5.74) is 9.03. The zero-order valence-electron chi connectivity index (χ0n) is 11.6. The van der Waals surface area contributed by atoms with Crippen molar-refractivity contribution in [3.63, 3.8) is 0 Å². The number of hydrogen-bond donors (Lipinski definition) is 2. The van der Waals surface area contributed by atoms with Gasteiger partial charge in [0.05, 0.1) is 18.3 Å². The first-order valence-electron chi connectivity index (χ1n) is 6.55. The van der Waals surface area contributed by atoms with Gasteiger partial charge >= 0.3 is 0 Å². The van der Waals surface area contributed by atoms with Gasteiger partial charge in [0.15, 0.2) is 0 Å². The summed E-state index contributed by atoms with van der Waals surface area (Å²) >= 11 is 0. The average molecular weight is 258 g/mol. The second-order valence-corrected chi connectivity index (χ2v) is 5.67. The Morgan fingerprint density at radius 2 is 2.21 bits per heavy atom. The zero-order chi connectivity index (χ0) is 14.0. The van der Waals surface area contributed by atoms with Gasteiger partial charge < -0.3 is 15.7 Å². The minimum Gasteiger partial charge on any atom is -0.403 e. The summed E-state index contributed by atoms with van der Waals surface area (Å²) in [5.74, 6) is 0. The number of benzene rings is 1. The van der Waals surface area contributed by atoms with Crippen molar-refractivity contribution in [3.05, 3.63) is 60.1 Å². The molecule has 0 radical (unpaired) electrons. The van der Waals surface area contributed by atoms with Crippen molar-refractivity contribution in [1.29, 1.82) is 0 Å². The molecule has 1 unspecified atom stereocenters. The quantitative estimate of drug-likeness (QED) is 0.872. The Bertz CT molecular complexity index is 505. The molecule has 1 aromatic carbocycles. The highest BCUT2D eigenvalue weighted by atomic mass is 16.3. The fraction of sp³-hybridized carbons (Fsp3) is 0.375. The van der Waals surface area contributed by atoms with Crippen LogP contribution in [0.4, 0.5) is 0 Å². The fourth-order valence-corrected chi connectivity index (χ4v) is 3.11. The number of aliphatic hydroxyl groups is 1. The second-order valence-electron chi connectivity index (χ2n) is 5.67. The van der Waals surface area contributed by atoms with Gasteiger partial charge in [0, 0.05) is 6.20 Å². The highest BCUT2D eigenvalue weighted by molar-refractivity contribution is 5.39. The van der Waals surface area contributed by atoms with Crippen LogP contribution in [0.25, 0.3) is 0 Å². The fourth-order valence-electron chi connectivity index (χ4n) is 3.11. The molecule has 0 heterocycles. The molecule has 3 N–H and O–H groups in total. The van der Waals surface area contributed by atoms with Crippen molar-refractivity contribution in [2.45, 2.75) is 26.3 Å². The summed E-state index contributed by atoms with van der Waals surface area (Å²) in [4.78, 5) is 1.99. The van der Waals surface area contributed by atoms with Gasteiger partial charge in [-0.15, -0.1) is 0 Å². The molecule has 1 atom stereocenters. The lowest BCUT2D eigenvalue weighted by Crippen LogP contribution is -2.33. The molecule has 3 heteroatoms. The molecule has 3 nitrogen and oxygen atoms in total. The normalized spacial score (nSPS) is 21.0. The lowest BCUT2D eigenvalue weighted by molar-refractivity contribution is 0.161. The lowest BCUT2D eigenvalue weighted by Gasteiger charge is -2.38. The predicted octanol–water partition coefficient (Wildman–Crippen LogP) is 2.55. The predicted molar refractivity (Wildman–Crippen MR) is 78.1 cm³/mol.